The number of halogens is 1. The normalized spacial score (nSPS) is 21.7. The minimum atomic E-state index is -3.23. The fraction of sp³-hybridized carbons (Fsp3) is 0.235. The molecule has 1 heterocycles. The first-order valence-corrected chi connectivity index (χ1v) is 9.84. The minimum Gasteiger partial charge on any atom is -0.390 e. The predicted molar refractivity (Wildman–Crippen MR) is 97.9 cm³/mol. The highest BCUT2D eigenvalue weighted by Gasteiger charge is 2.36. The summed E-state index contributed by atoms with van der Waals surface area (Å²) in [6.07, 6.45) is -0.947. The Morgan fingerprint density at radius 3 is 2.40 bits per heavy atom. The summed E-state index contributed by atoms with van der Waals surface area (Å²) in [6, 6.07) is 12.8. The molecule has 1 fully saturated rings. The van der Waals surface area contributed by atoms with E-state index in [9.17, 15) is 18.3 Å². The summed E-state index contributed by atoms with van der Waals surface area (Å²) >= 11 is 5.81. The van der Waals surface area contributed by atoms with Gasteiger partial charge in [0.05, 0.1) is 23.7 Å². The number of amides is 1. The molecule has 3 N–H and O–H groups in total. The van der Waals surface area contributed by atoms with Crippen LogP contribution in [0.1, 0.15) is 10.4 Å². The zero-order valence-corrected chi connectivity index (χ0v) is 14.7. The van der Waals surface area contributed by atoms with Gasteiger partial charge in [0.2, 0.25) is 0 Å². The largest absolute Gasteiger partial charge is 0.390 e. The lowest BCUT2D eigenvalue weighted by atomic mass is 10.2. The Kier molecular flexibility index (Phi) is 4.99. The lowest BCUT2D eigenvalue weighted by Gasteiger charge is -2.17. The average molecular weight is 381 g/mol. The van der Waals surface area contributed by atoms with E-state index in [-0.39, 0.29) is 17.4 Å². The van der Waals surface area contributed by atoms with Crippen molar-refractivity contribution in [2.75, 3.05) is 22.1 Å². The summed E-state index contributed by atoms with van der Waals surface area (Å²) in [5.74, 6) is -0.634. The topological polar surface area (TPSA) is 95.5 Å². The van der Waals surface area contributed by atoms with Crippen molar-refractivity contribution < 1.29 is 18.3 Å². The van der Waals surface area contributed by atoms with Crippen LogP contribution in [0.2, 0.25) is 5.02 Å². The summed E-state index contributed by atoms with van der Waals surface area (Å²) in [4.78, 5) is 12.2. The zero-order chi connectivity index (χ0) is 18.0. The molecule has 0 radical (unpaired) electrons. The Morgan fingerprint density at radius 1 is 1.08 bits per heavy atom. The van der Waals surface area contributed by atoms with Crippen LogP contribution in [0.3, 0.4) is 0 Å². The van der Waals surface area contributed by atoms with Gasteiger partial charge in [-0.15, -0.1) is 0 Å². The molecule has 0 aliphatic carbocycles. The van der Waals surface area contributed by atoms with Crippen molar-refractivity contribution >= 4 is 38.7 Å². The third kappa shape index (κ3) is 4.50. The monoisotopic (exact) mass is 380 g/mol. The average Bonchev–Trinajstić information content (AvgIpc) is 2.80. The number of benzene rings is 2. The van der Waals surface area contributed by atoms with Crippen LogP contribution in [0, 0.1) is 0 Å². The van der Waals surface area contributed by atoms with E-state index in [0.717, 1.165) is 0 Å². The lowest BCUT2D eigenvalue weighted by Crippen LogP contribution is -2.31. The number of aliphatic hydroxyl groups excluding tert-OH is 1. The molecule has 8 heteroatoms. The standard InChI is InChI=1S/C17H17ClN2O4S/c18-12-6-4-11(5-7-12)17(22)20-14-3-1-2-13(8-14)19-15-9-25(23,24)10-16(15)21/h1-8,15-16,19,21H,9-10H2,(H,20,22). The number of aliphatic hydroxyl groups is 1. The van der Waals surface area contributed by atoms with Crippen molar-refractivity contribution in [3.05, 3.63) is 59.1 Å². The molecule has 1 saturated heterocycles. The summed E-state index contributed by atoms with van der Waals surface area (Å²) in [6.45, 7) is 0. The third-order valence-corrected chi connectivity index (χ3v) is 5.87. The lowest BCUT2D eigenvalue weighted by molar-refractivity contribution is 0.102. The molecule has 6 nitrogen and oxygen atoms in total. The molecule has 2 atom stereocenters. The van der Waals surface area contributed by atoms with Gasteiger partial charge in [0.1, 0.15) is 0 Å². The first kappa shape index (κ1) is 17.7. The van der Waals surface area contributed by atoms with Gasteiger partial charge in [-0.2, -0.15) is 0 Å². The molecule has 0 spiro atoms. The quantitative estimate of drug-likeness (QED) is 0.755. The number of carbonyl (C=O) groups excluding carboxylic acids is 1. The first-order valence-electron chi connectivity index (χ1n) is 7.64. The van der Waals surface area contributed by atoms with E-state index in [0.29, 0.717) is 22.0 Å². The number of carbonyl (C=O) groups is 1. The Hall–Kier alpha value is -2.09. The molecular weight excluding hydrogens is 364 g/mol. The molecule has 0 saturated carbocycles. The van der Waals surface area contributed by atoms with Crippen molar-refractivity contribution in [1.29, 1.82) is 0 Å². The van der Waals surface area contributed by atoms with Gasteiger partial charge in [-0.25, -0.2) is 8.42 Å². The van der Waals surface area contributed by atoms with Gasteiger partial charge in [-0.1, -0.05) is 17.7 Å². The molecule has 1 aliphatic rings. The van der Waals surface area contributed by atoms with E-state index >= 15 is 0 Å². The first-order chi connectivity index (χ1) is 11.8. The second-order valence-electron chi connectivity index (χ2n) is 5.94. The maximum atomic E-state index is 12.2. The molecular formula is C17H17ClN2O4S. The second kappa shape index (κ2) is 7.03. The number of sulfone groups is 1. The maximum Gasteiger partial charge on any atom is 0.255 e. The van der Waals surface area contributed by atoms with Crippen molar-refractivity contribution in [2.24, 2.45) is 0 Å². The van der Waals surface area contributed by atoms with E-state index in [1.165, 1.54) is 0 Å². The Bertz CT molecular complexity index is 884. The number of anilines is 2. The predicted octanol–water partition coefficient (Wildman–Crippen LogP) is 2.16. The minimum absolute atomic E-state index is 0.116. The van der Waals surface area contributed by atoms with Crippen molar-refractivity contribution in [2.45, 2.75) is 12.1 Å². The van der Waals surface area contributed by atoms with E-state index in [4.69, 9.17) is 11.6 Å². The van der Waals surface area contributed by atoms with Crippen LogP contribution in [-0.4, -0.2) is 43.1 Å². The van der Waals surface area contributed by atoms with E-state index in [1.807, 2.05) is 0 Å². The van der Waals surface area contributed by atoms with E-state index < -0.39 is 22.0 Å². The van der Waals surface area contributed by atoms with E-state index in [2.05, 4.69) is 10.6 Å². The van der Waals surface area contributed by atoms with Crippen molar-refractivity contribution in [1.82, 2.24) is 0 Å². The third-order valence-electron chi connectivity index (χ3n) is 3.90. The number of hydrogen-bond donors (Lipinski definition) is 3. The Labute approximate surface area is 150 Å². The van der Waals surface area contributed by atoms with Gasteiger partial charge < -0.3 is 15.7 Å². The SMILES string of the molecule is O=C(Nc1cccc(NC2CS(=O)(=O)CC2O)c1)c1ccc(Cl)cc1. The van der Waals surface area contributed by atoms with Crippen molar-refractivity contribution in [3.8, 4) is 0 Å². The highest BCUT2D eigenvalue weighted by Crippen LogP contribution is 2.21. The van der Waals surface area contributed by atoms with Gasteiger partial charge in [-0.05, 0) is 42.5 Å². The number of nitrogens with one attached hydrogen (secondary N) is 2. The summed E-state index contributed by atoms with van der Waals surface area (Å²) in [7, 11) is -3.23. The van der Waals surface area contributed by atoms with Gasteiger partial charge >= 0.3 is 0 Å². The van der Waals surface area contributed by atoms with Gasteiger partial charge in [0, 0.05) is 22.0 Å². The van der Waals surface area contributed by atoms with Crippen LogP contribution >= 0.6 is 11.6 Å². The van der Waals surface area contributed by atoms with Gasteiger partial charge in [0.15, 0.2) is 9.84 Å². The number of rotatable bonds is 4. The highest BCUT2D eigenvalue weighted by atomic mass is 35.5. The molecule has 25 heavy (non-hydrogen) atoms. The fourth-order valence-electron chi connectivity index (χ4n) is 2.67. The smallest absolute Gasteiger partial charge is 0.255 e. The molecule has 2 aromatic rings. The molecule has 2 unspecified atom stereocenters. The molecule has 1 aliphatic heterocycles. The number of hydrogen-bond acceptors (Lipinski definition) is 5. The van der Waals surface area contributed by atoms with Gasteiger partial charge in [0.25, 0.3) is 5.91 Å². The van der Waals surface area contributed by atoms with Crippen LogP contribution < -0.4 is 10.6 Å². The summed E-state index contributed by atoms with van der Waals surface area (Å²) in [5.41, 5.74) is 1.65. The summed E-state index contributed by atoms with van der Waals surface area (Å²) in [5, 5.41) is 16.2. The molecule has 2 aromatic carbocycles. The Balaban J connectivity index is 1.69. The summed E-state index contributed by atoms with van der Waals surface area (Å²) < 4.78 is 23.1. The van der Waals surface area contributed by atoms with Crippen LogP contribution in [0.4, 0.5) is 11.4 Å². The maximum absolute atomic E-state index is 12.2. The van der Waals surface area contributed by atoms with Crippen molar-refractivity contribution in [3.63, 3.8) is 0 Å². The molecule has 3 rings (SSSR count). The van der Waals surface area contributed by atoms with Crippen LogP contribution in [0.25, 0.3) is 0 Å². The Morgan fingerprint density at radius 2 is 1.76 bits per heavy atom. The molecule has 1 amide bonds. The van der Waals surface area contributed by atoms with E-state index in [1.54, 1.807) is 48.5 Å². The zero-order valence-electron chi connectivity index (χ0n) is 13.1. The highest BCUT2D eigenvalue weighted by molar-refractivity contribution is 7.91. The molecule has 132 valence electrons. The molecule has 0 aromatic heterocycles. The van der Waals surface area contributed by atoms with Gasteiger partial charge in [-0.3, -0.25) is 4.79 Å². The van der Waals surface area contributed by atoms with Crippen LogP contribution in [0.15, 0.2) is 48.5 Å². The fourth-order valence-corrected chi connectivity index (χ4v) is 4.54. The second-order valence-corrected chi connectivity index (χ2v) is 8.53. The van der Waals surface area contributed by atoms with Crippen LogP contribution in [0.5, 0.6) is 0 Å². The van der Waals surface area contributed by atoms with Crippen LogP contribution in [-0.2, 0) is 9.84 Å². The molecule has 0 bridgehead atoms.